The van der Waals surface area contributed by atoms with E-state index < -0.39 is 21.6 Å². The molecule has 0 aliphatic carbocycles. The molecule has 0 radical (unpaired) electrons. The van der Waals surface area contributed by atoms with Gasteiger partial charge in [0.25, 0.3) is 0 Å². The van der Waals surface area contributed by atoms with E-state index in [9.17, 15) is 8.42 Å². The van der Waals surface area contributed by atoms with Crippen LogP contribution in [0.1, 0.15) is 39.5 Å². The third kappa shape index (κ3) is 13.2. The molecule has 20 heteroatoms. The number of rotatable bonds is 20. The molecule has 2 aliphatic rings. The van der Waals surface area contributed by atoms with E-state index in [1.54, 1.807) is 35.1 Å². The third-order valence-corrected chi connectivity index (χ3v) is 20.4. The van der Waals surface area contributed by atoms with Crippen LogP contribution >= 0.6 is 45.3 Å². The van der Waals surface area contributed by atoms with E-state index >= 15 is 0 Å². The minimum atomic E-state index is -1.14. The van der Waals surface area contributed by atoms with Crippen LogP contribution in [0.2, 0.25) is 0 Å². The Morgan fingerprint density at radius 3 is 1.48 bits per heavy atom. The highest BCUT2D eigenvalue weighted by Crippen LogP contribution is 2.45. The topological polar surface area (TPSA) is 175 Å². The number of thiazole rings is 2. The Bertz CT molecular complexity index is 3080. The van der Waals surface area contributed by atoms with Gasteiger partial charge in [-0.15, -0.1) is 45.3 Å². The molecule has 2 fully saturated rings. The van der Waals surface area contributed by atoms with Gasteiger partial charge < -0.3 is 30.6 Å². The van der Waals surface area contributed by atoms with Crippen LogP contribution in [-0.2, 0) is 26.3 Å². The highest BCUT2D eigenvalue weighted by Gasteiger charge is 2.24. The van der Waals surface area contributed by atoms with Crippen LogP contribution in [0.5, 0.6) is 11.5 Å². The second-order valence-corrected chi connectivity index (χ2v) is 25.2. The predicted octanol–water partition coefficient (Wildman–Crippen LogP) is 10.5. The van der Waals surface area contributed by atoms with Gasteiger partial charge in [-0.3, -0.25) is 18.2 Å². The summed E-state index contributed by atoms with van der Waals surface area (Å²) < 4.78 is 44.9. The molecule has 0 amide bonds. The lowest BCUT2D eigenvalue weighted by Gasteiger charge is -2.32. The van der Waals surface area contributed by atoms with Crippen LogP contribution in [0.25, 0.3) is 64.1 Å². The normalized spacial score (nSPS) is 15.6. The number of unbranched alkanes of at least 4 members (excludes halogenated alkanes) is 2. The van der Waals surface area contributed by atoms with Crippen molar-refractivity contribution in [2.45, 2.75) is 47.9 Å². The molecule has 2 saturated heterocycles. The van der Waals surface area contributed by atoms with Crippen LogP contribution in [-0.4, -0.2) is 140 Å². The molecule has 14 nitrogen and oxygen atoms in total. The van der Waals surface area contributed by atoms with Crippen molar-refractivity contribution in [3.8, 4) is 55.2 Å². The highest BCUT2D eigenvalue weighted by atomic mass is 32.2. The Morgan fingerprint density at radius 1 is 0.630 bits per heavy atom. The van der Waals surface area contributed by atoms with Crippen molar-refractivity contribution in [3.05, 3.63) is 83.8 Å². The lowest BCUT2D eigenvalue weighted by molar-refractivity contribution is 0.0322. The fourth-order valence-electron chi connectivity index (χ4n) is 8.59. The van der Waals surface area contributed by atoms with Gasteiger partial charge in [0.15, 0.2) is 0 Å². The lowest BCUT2D eigenvalue weighted by Crippen LogP contribution is -2.45. The van der Waals surface area contributed by atoms with Gasteiger partial charge in [0.05, 0.1) is 46.2 Å². The second kappa shape index (κ2) is 25.7. The first-order valence-corrected chi connectivity index (χ1v) is 30.9. The van der Waals surface area contributed by atoms with Crippen LogP contribution in [0, 0.1) is 0 Å². The van der Waals surface area contributed by atoms with Crippen molar-refractivity contribution in [3.63, 3.8) is 0 Å². The van der Waals surface area contributed by atoms with Crippen molar-refractivity contribution in [1.82, 2.24) is 34.6 Å². The Morgan fingerprint density at radius 2 is 1.07 bits per heavy atom. The van der Waals surface area contributed by atoms with Crippen molar-refractivity contribution < 1.29 is 22.6 Å². The first-order chi connectivity index (χ1) is 35.7. The number of nitrogen functional groups attached to an aromatic ring is 2. The van der Waals surface area contributed by atoms with Gasteiger partial charge >= 0.3 is 0 Å². The Kier molecular flexibility index (Phi) is 18.7. The number of piperazine rings is 1. The van der Waals surface area contributed by atoms with Crippen LogP contribution in [0.3, 0.4) is 0 Å². The van der Waals surface area contributed by atoms with Crippen molar-refractivity contribution in [1.29, 1.82) is 0 Å². The number of aromatic nitrogens is 4. The van der Waals surface area contributed by atoms with E-state index in [4.69, 9.17) is 35.6 Å². The fourth-order valence-corrected chi connectivity index (χ4v) is 15.4. The molecular weight excluding hydrogens is 1040 g/mol. The maximum atomic E-state index is 13.0. The molecule has 0 bridgehead atoms. The number of thiophene rings is 2. The summed E-state index contributed by atoms with van der Waals surface area (Å²) in [5.74, 6) is 2.90. The van der Waals surface area contributed by atoms with E-state index in [-0.39, 0.29) is 0 Å². The zero-order valence-electron chi connectivity index (χ0n) is 41.6. The number of hydrogen-bond acceptors (Lipinski definition) is 18. The number of anilines is 2. The standard InChI is InChI=1S/C27H33N5O2S3.C26H30N4O3S3/c1-3-4-17-37(33)27-24(28)23-21(18-22(30-26(23)36-27)25-29-9-16-35-25)19-5-7-20(8-6-19)34-15-14-32-12-10-31(2)11-13-32;1-2-3-16-36(31)26-23(27)22-20(17-21(29-25(22)35-26)24-28-8-15-34-24)18-4-6-19(7-5-18)33-14-11-30-9-12-32-13-10-30/h5-9,16,18H,3-4,10-15,17,28H2,1-2H3;4-8,15,17H,2-3,9-14,16,27H2,1H3. The third-order valence-electron chi connectivity index (χ3n) is 12.8. The molecule has 2 unspecified atom stereocenters. The van der Waals surface area contributed by atoms with Gasteiger partial charge in [0.1, 0.15) is 64.2 Å². The van der Waals surface area contributed by atoms with Crippen molar-refractivity contribution >= 4 is 98.8 Å². The smallest absolute Gasteiger partial charge is 0.141 e. The molecule has 4 N–H and O–H groups in total. The Hall–Kier alpha value is -4.74. The quantitative estimate of drug-likeness (QED) is 0.0737. The number of fused-ring (bicyclic) bond motifs is 2. The molecule has 2 aliphatic heterocycles. The van der Waals surface area contributed by atoms with Crippen LogP contribution in [0.15, 0.2) is 92.2 Å². The molecular formula is C53H63N9O5S6. The predicted molar refractivity (Wildman–Crippen MR) is 306 cm³/mol. The number of ether oxygens (including phenoxy) is 3. The first-order valence-electron chi connectivity index (χ1n) is 24.9. The Labute approximate surface area is 448 Å². The number of morpholine rings is 1. The largest absolute Gasteiger partial charge is 0.492 e. The zero-order chi connectivity index (χ0) is 50.7. The van der Waals surface area contributed by atoms with E-state index in [0.717, 1.165) is 171 Å². The summed E-state index contributed by atoms with van der Waals surface area (Å²) in [7, 11) is -0.101. The van der Waals surface area contributed by atoms with Crippen LogP contribution < -0.4 is 20.9 Å². The Balaban J connectivity index is 0.000000180. The SMILES string of the molecule is CCCCS(=O)c1sc2nc(-c3nccs3)cc(-c3ccc(OCCN4CCN(C)CC4)cc3)c2c1N.CCCCS(=O)c1sc2nc(-c3nccs3)cc(-c3ccc(OCCN4CCOCC4)cc3)c2c1N. The molecule has 73 heavy (non-hydrogen) atoms. The number of nitrogens with zero attached hydrogens (tertiary/aromatic N) is 7. The summed E-state index contributed by atoms with van der Waals surface area (Å²) in [4.78, 5) is 27.4. The average Bonchev–Trinajstić information content (AvgIpc) is 4.27. The van der Waals surface area contributed by atoms with Crippen molar-refractivity contribution in [2.75, 3.05) is 109 Å². The summed E-state index contributed by atoms with van der Waals surface area (Å²) in [5.41, 5.74) is 20.0. The van der Waals surface area contributed by atoms with Crippen molar-refractivity contribution in [2.24, 2.45) is 0 Å². The number of hydrogen-bond donors (Lipinski definition) is 2. The lowest BCUT2D eigenvalue weighted by atomic mass is 10.0. The molecule has 386 valence electrons. The fraction of sp³-hybridized carbons (Fsp3) is 0.396. The minimum Gasteiger partial charge on any atom is -0.492 e. The monoisotopic (exact) mass is 1100 g/mol. The van der Waals surface area contributed by atoms with Gasteiger partial charge in [0, 0.05) is 97.8 Å². The number of nitrogens with two attached hydrogens (primary N) is 2. The van der Waals surface area contributed by atoms with E-state index in [2.05, 4.69) is 69.8 Å². The number of benzene rings is 2. The number of likely N-dealkylation sites (N-methyl/N-ethyl adjacent to an activating group) is 1. The van der Waals surface area contributed by atoms with Gasteiger partial charge in [-0.1, -0.05) is 51.0 Å². The van der Waals surface area contributed by atoms with E-state index in [1.807, 2.05) is 47.2 Å². The van der Waals surface area contributed by atoms with Gasteiger partial charge in [-0.25, -0.2) is 19.9 Å². The molecule has 2 atom stereocenters. The number of pyridine rings is 2. The van der Waals surface area contributed by atoms with E-state index in [0.29, 0.717) is 40.3 Å². The summed E-state index contributed by atoms with van der Waals surface area (Å²) in [6.07, 6.45) is 7.36. The maximum Gasteiger partial charge on any atom is 0.141 e. The maximum absolute atomic E-state index is 13.0. The first kappa shape index (κ1) is 53.1. The molecule has 2 aromatic carbocycles. The van der Waals surface area contributed by atoms with E-state index in [1.165, 1.54) is 22.7 Å². The summed E-state index contributed by atoms with van der Waals surface area (Å²) in [6, 6.07) is 20.3. The molecule has 8 aromatic rings. The molecule has 0 spiro atoms. The summed E-state index contributed by atoms with van der Waals surface area (Å²) in [6.45, 7) is 15.2. The molecule has 8 heterocycles. The van der Waals surface area contributed by atoms with Gasteiger partial charge in [-0.2, -0.15) is 0 Å². The molecule has 6 aromatic heterocycles. The zero-order valence-corrected chi connectivity index (χ0v) is 46.5. The second-order valence-electron chi connectivity index (χ2n) is 17.9. The summed E-state index contributed by atoms with van der Waals surface area (Å²) in [5, 5.41) is 7.32. The average molecular weight is 1100 g/mol. The van der Waals surface area contributed by atoms with Gasteiger partial charge in [0.2, 0.25) is 0 Å². The van der Waals surface area contributed by atoms with Crippen LogP contribution in [0.4, 0.5) is 11.4 Å². The minimum absolute atomic E-state index is 0.573. The molecule has 0 saturated carbocycles. The summed E-state index contributed by atoms with van der Waals surface area (Å²) >= 11 is 5.97. The molecule has 10 rings (SSSR count). The van der Waals surface area contributed by atoms with Gasteiger partial charge in [-0.05, 0) is 78.5 Å². The highest BCUT2D eigenvalue weighted by molar-refractivity contribution is 7.88.